The molecule has 3 N–H and O–H groups in total. The smallest absolute Gasteiger partial charge is 0.338 e. The fourth-order valence-corrected chi connectivity index (χ4v) is 4.17. The van der Waals surface area contributed by atoms with E-state index in [0.29, 0.717) is 0 Å². The second-order valence-corrected chi connectivity index (χ2v) is 8.69. The van der Waals surface area contributed by atoms with Gasteiger partial charge in [0, 0.05) is 0 Å². The van der Waals surface area contributed by atoms with E-state index < -0.39 is 47.2 Å². The maximum atomic E-state index is 12.5. The van der Waals surface area contributed by atoms with Gasteiger partial charge < -0.3 is 20.1 Å². The van der Waals surface area contributed by atoms with Gasteiger partial charge in [0.2, 0.25) is 10.0 Å². The van der Waals surface area contributed by atoms with E-state index in [9.17, 15) is 22.8 Å². The molecule has 0 radical (unpaired) electrons. The summed E-state index contributed by atoms with van der Waals surface area (Å²) in [6.07, 6.45) is 0. The summed E-state index contributed by atoms with van der Waals surface area (Å²) in [4.78, 5) is 36.0. The molecule has 0 fully saturated rings. The third-order valence-electron chi connectivity index (χ3n) is 4.68. The first-order valence-corrected chi connectivity index (χ1v) is 11.3. The lowest BCUT2D eigenvalue weighted by Gasteiger charge is -2.26. The van der Waals surface area contributed by atoms with Crippen LogP contribution in [0.15, 0.2) is 58.6 Å². The van der Waals surface area contributed by atoms with Crippen LogP contribution in [0.25, 0.3) is 10.8 Å². The van der Waals surface area contributed by atoms with Crippen molar-refractivity contribution in [2.75, 3.05) is 19.8 Å². The molecule has 32 heavy (non-hydrogen) atoms. The van der Waals surface area contributed by atoms with E-state index in [-0.39, 0.29) is 22.8 Å². The zero-order chi connectivity index (χ0) is 23.3. The number of hydrogen-bond acceptors (Lipinski definition) is 7. The summed E-state index contributed by atoms with van der Waals surface area (Å²) in [7, 11) is -3.96. The Balaban J connectivity index is 1.64. The summed E-state index contributed by atoms with van der Waals surface area (Å²) in [5.41, 5.74) is 0.196. The number of fused-ring (bicyclic) bond motifs is 1. The highest BCUT2D eigenvalue weighted by molar-refractivity contribution is 7.89. The Kier molecular flexibility index (Phi) is 7.11. The Morgan fingerprint density at radius 1 is 1.09 bits per heavy atom. The molecule has 0 bridgehead atoms. The lowest BCUT2D eigenvalue weighted by atomic mass is 10.0. The highest BCUT2D eigenvalue weighted by Crippen LogP contribution is 2.19. The number of amides is 2. The monoisotopic (exact) mass is 461 g/mol. The van der Waals surface area contributed by atoms with Crippen LogP contribution >= 0.6 is 0 Å². The molecule has 1 aliphatic heterocycles. The topological polar surface area (TPSA) is 140 Å². The molecule has 2 aromatic rings. The average Bonchev–Trinajstić information content (AvgIpc) is 2.75. The fourth-order valence-electron chi connectivity index (χ4n) is 3.17. The van der Waals surface area contributed by atoms with E-state index in [1.165, 1.54) is 12.1 Å². The number of ether oxygens (including phenoxy) is 2. The number of benzene rings is 2. The highest BCUT2D eigenvalue weighted by Gasteiger charge is 2.30. The van der Waals surface area contributed by atoms with Gasteiger partial charge in [-0.1, -0.05) is 30.3 Å². The minimum Gasteiger partial charge on any atom is -0.463 e. The lowest BCUT2D eigenvalue weighted by molar-refractivity contribution is -0.142. The van der Waals surface area contributed by atoms with Crippen molar-refractivity contribution >= 4 is 38.8 Å². The van der Waals surface area contributed by atoms with Crippen LogP contribution in [-0.4, -0.2) is 52.2 Å². The predicted molar refractivity (Wildman–Crippen MR) is 115 cm³/mol. The minimum atomic E-state index is -3.96. The van der Waals surface area contributed by atoms with Gasteiger partial charge in [-0.05, 0) is 36.8 Å². The van der Waals surface area contributed by atoms with Crippen LogP contribution in [0.5, 0.6) is 0 Å². The highest BCUT2D eigenvalue weighted by atomic mass is 32.2. The first-order valence-electron chi connectivity index (χ1n) is 9.83. The Labute approximate surface area is 185 Å². The van der Waals surface area contributed by atoms with Gasteiger partial charge in [-0.2, -0.15) is 4.72 Å². The van der Waals surface area contributed by atoms with Gasteiger partial charge in [-0.25, -0.2) is 18.0 Å². The van der Waals surface area contributed by atoms with Crippen molar-refractivity contribution in [2.45, 2.75) is 24.8 Å². The van der Waals surface area contributed by atoms with Gasteiger partial charge in [0.1, 0.15) is 13.2 Å². The van der Waals surface area contributed by atoms with Crippen molar-refractivity contribution in [1.29, 1.82) is 0 Å². The number of carbonyl (C=O) groups excluding carboxylic acids is 3. The third-order valence-corrected chi connectivity index (χ3v) is 6.08. The predicted octanol–water partition coefficient (Wildman–Crippen LogP) is 1.18. The average molecular weight is 461 g/mol. The number of urea groups is 1. The van der Waals surface area contributed by atoms with Gasteiger partial charge in [-0.15, -0.1) is 0 Å². The quantitative estimate of drug-likeness (QED) is 0.502. The summed E-state index contributed by atoms with van der Waals surface area (Å²) in [6, 6.07) is 10.7. The molecule has 0 unspecified atom stereocenters. The molecule has 11 heteroatoms. The summed E-state index contributed by atoms with van der Waals surface area (Å²) in [6.45, 7) is 2.30. The molecule has 2 amide bonds. The van der Waals surface area contributed by atoms with E-state index in [1.54, 1.807) is 32.0 Å². The standard InChI is InChI=1S/C21H23N3O7S/c1-3-30-20(26)19-13(2)23-21(27)24-17(19)12-31-18(25)11-22-32(28,29)16-9-8-14-6-4-5-7-15(14)10-16/h4-10,13,22H,3,11-12H2,1-2H3,(H2,23,24,27)/t13-/m0/s1. The SMILES string of the molecule is CCOC(=O)C1=C(COC(=O)CNS(=O)(=O)c2ccc3ccccc3c2)NC(=O)N[C@H]1C. The van der Waals surface area contributed by atoms with E-state index >= 15 is 0 Å². The van der Waals surface area contributed by atoms with Crippen LogP contribution in [0.4, 0.5) is 4.79 Å². The maximum Gasteiger partial charge on any atom is 0.338 e. The van der Waals surface area contributed by atoms with Gasteiger partial charge in [0.25, 0.3) is 0 Å². The zero-order valence-corrected chi connectivity index (χ0v) is 18.3. The van der Waals surface area contributed by atoms with Crippen molar-refractivity contribution in [3.05, 3.63) is 53.7 Å². The molecule has 0 saturated carbocycles. The number of carbonyl (C=O) groups is 3. The van der Waals surface area contributed by atoms with Crippen molar-refractivity contribution in [3.8, 4) is 0 Å². The van der Waals surface area contributed by atoms with Gasteiger partial charge in [0.15, 0.2) is 0 Å². The van der Waals surface area contributed by atoms with Crippen LogP contribution < -0.4 is 15.4 Å². The van der Waals surface area contributed by atoms with E-state index in [4.69, 9.17) is 9.47 Å². The second kappa shape index (κ2) is 9.79. The number of nitrogens with one attached hydrogen (secondary N) is 3. The second-order valence-electron chi connectivity index (χ2n) is 6.93. The van der Waals surface area contributed by atoms with E-state index in [2.05, 4.69) is 15.4 Å². The van der Waals surface area contributed by atoms with Crippen LogP contribution in [-0.2, 0) is 29.1 Å². The molecule has 0 aliphatic carbocycles. The Morgan fingerprint density at radius 2 is 1.81 bits per heavy atom. The lowest BCUT2D eigenvalue weighted by Crippen LogP contribution is -2.50. The fraction of sp³-hybridized carbons (Fsp3) is 0.286. The van der Waals surface area contributed by atoms with Crippen LogP contribution in [0.3, 0.4) is 0 Å². The molecule has 0 spiro atoms. The number of sulfonamides is 1. The number of rotatable bonds is 8. The molecule has 2 aromatic carbocycles. The van der Waals surface area contributed by atoms with Gasteiger partial charge in [-0.3, -0.25) is 4.79 Å². The number of hydrogen-bond donors (Lipinski definition) is 3. The molecule has 170 valence electrons. The zero-order valence-electron chi connectivity index (χ0n) is 17.5. The normalized spacial score (nSPS) is 16.3. The minimum absolute atomic E-state index is 0.00995. The molecule has 1 aliphatic rings. The summed E-state index contributed by atoms with van der Waals surface area (Å²) >= 11 is 0. The molecule has 3 rings (SSSR count). The maximum absolute atomic E-state index is 12.5. The Hall–Kier alpha value is -3.44. The van der Waals surface area contributed by atoms with E-state index in [0.717, 1.165) is 10.8 Å². The summed E-state index contributed by atoms with van der Waals surface area (Å²) < 4.78 is 37.3. The van der Waals surface area contributed by atoms with Crippen molar-refractivity contribution in [2.24, 2.45) is 0 Å². The van der Waals surface area contributed by atoms with Crippen LogP contribution in [0, 0.1) is 0 Å². The van der Waals surface area contributed by atoms with Crippen molar-refractivity contribution < 1.29 is 32.3 Å². The van der Waals surface area contributed by atoms with Crippen LogP contribution in [0.2, 0.25) is 0 Å². The molecule has 0 aromatic heterocycles. The first-order chi connectivity index (χ1) is 15.2. The van der Waals surface area contributed by atoms with Gasteiger partial charge in [0.05, 0.1) is 28.8 Å². The first kappa shape index (κ1) is 23.2. The van der Waals surface area contributed by atoms with E-state index in [1.807, 2.05) is 12.1 Å². The Bertz CT molecular complexity index is 1190. The largest absolute Gasteiger partial charge is 0.463 e. The van der Waals surface area contributed by atoms with Crippen molar-refractivity contribution in [3.63, 3.8) is 0 Å². The molecular formula is C21H23N3O7S. The molecule has 10 nitrogen and oxygen atoms in total. The molecular weight excluding hydrogens is 438 g/mol. The van der Waals surface area contributed by atoms with Gasteiger partial charge >= 0.3 is 18.0 Å². The van der Waals surface area contributed by atoms with Crippen LogP contribution in [0.1, 0.15) is 13.8 Å². The number of esters is 2. The molecule has 1 heterocycles. The Morgan fingerprint density at radius 3 is 2.53 bits per heavy atom. The van der Waals surface area contributed by atoms with Crippen molar-refractivity contribution in [1.82, 2.24) is 15.4 Å². The summed E-state index contributed by atoms with van der Waals surface area (Å²) in [5, 5.41) is 6.57. The molecule has 0 saturated heterocycles. The third kappa shape index (κ3) is 5.42. The molecule has 1 atom stereocenters. The summed E-state index contributed by atoms with van der Waals surface area (Å²) in [5.74, 6) is -1.54.